The van der Waals surface area contributed by atoms with Crippen LogP contribution in [-0.2, 0) is 19.1 Å². The van der Waals surface area contributed by atoms with Crippen molar-refractivity contribution in [3.05, 3.63) is 0 Å². The Morgan fingerprint density at radius 3 is 2.88 bits per heavy atom. The Kier molecular flexibility index (Phi) is 5.89. The molecule has 3 atom stereocenters. The van der Waals surface area contributed by atoms with Crippen molar-refractivity contribution in [2.45, 2.75) is 44.4 Å². The summed E-state index contributed by atoms with van der Waals surface area (Å²) in [5.74, 6) is -1.64. The van der Waals surface area contributed by atoms with Gasteiger partial charge in [0, 0.05) is 20.9 Å². The number of ether oxygens (including phenoxy) is 2. The molecule has 0 saturated carbocycles. The van der Waals surface area contributed by atoms with Gasteiger partial charge in [0.05, 0.1) is 18.9 Å². The molecule has 0 aliphatic carbocycles. The minimum Gasteiger partial charge on any atom is -0.481 e. The van der Waals surface area contributed by atoms with Gasteiger partial charge in [0.2, 0.25) is 1.43 Å². The zero-order chi connectivity index (χ0) is 14.8. The van der Waals surface area contributed by atoms with Crippen LogP contribution in [0.15, 0.2) is 0 Å². The van der Waals surface area contributed by atoms with Crippen LogP contribution < -0.4 is 0 Å². The Hall–Kier alpha value is -1.08. The summed E-state index contributed by atoms with van der Waals surface area (Å²) in [5, 5.41) is 11.9. The van der Waals surface area contributed by atoms with Crippen LogP contribution >= 0.6 is 0 Å². The number of carboxylic acid groups (broad SMARTS) is 1. The number of carboxylic acids is 1. The lowest BCUT2D eigenvalue weighted by Gasteiger charge is -2.14. The zero-order valence-corrected chi connectivity index (χ0v) is 9.63. The highest BCUT2D eigenvalue weighted by molar-refractivity contribution is 6.11. The van der Waals surface area contributed by atoms with Gasteiger partial charge in [-0.05, 0) is 6.90 Å². The fourth-order valence-electron chi connectivity index (χ4n) is 1.31. The molecule has 0 aromatic carbocycles. The molecule has 1 heterocycles. The van der Waals surface area contributed by atoms with E-state index < -0.39 is 30.1 Å². The minimum absolute atomic E-state index is 0.0371. The van der Waals surface area contributed by atoms with Gasteiger partial charge in [-0.3, -0.25) is 9.59 Å². The number of rotatable bonds is 4. The number of carbonyl (C=O) groups excluding carboxylic acids is 1. The third kappa shape index (κ3) is 6.28. The third-order valence-corrected chi connectivity index (χ3v) is 2.05. The molecule has 17 heavy (non-hydrogen) atoms. The molecule has 2 radical (unpaired) electrons. The maximum Gasteiger partial charge on any atom is 0.306 e. The number of aliphatic hydroxyl groups excluding tert-OH is 1. The second kappa shape index (κ2) is 8.08. The summed E-state index contributed by atoms with van der Waals surface area (Å²) in [5.41, 5.74) is 0. The molecule has 7 heteroatoms. The van der Waals surface area contributed by atoms with E-state index in [-0.39, 0.29) is 19.7 Å². The molecule has 0 aromatic rings. The van der Waals surface area contributed by atoms with Gasteiger partial charge in [-0.15, -0.1) is 0 Å². The number of hydrogen-bond acceptors (Lipinski definition) is 5. The average molecular weight is 247 g/mol. The Morgan fingerprint density at radius 1 is 1.71 bits per heavy atom. The van der Waals surface area contributed by atoms with E-state index in [9.17, 15) is 9.59 Å². The Morgan fingerprint density at radius 2 is 2.35 bits per heavy atom. The summed E-state index contributed by atoms with van der Waals surface area (Å²) in [6.07, 6.45) is -1.13. The van der Waals surface area contributed by atoms with Crippen LogP contribution in [0.5, 0.6) is 0 Å². The van der Waals surface area contributed by atoms with E-state index in [1.807, 2.05) is 0 Å². The molecule has 0 bridgehead atoms. The van der Waals surface area contributed by atoms with Gasteiger partial charge in [0.15, 0.2) is 0 Å². The van der Waals surface area contributed by atoms with Gasteiger partial charge in [0.1, 0.15) is 14.0 Å². The van der Waals surface area contributed by atoms with Crippen molar-refractivity contribution in [1.82, 2.24) is 0 Å². The maximum atomic E-state index is 11.2. The first-order chi connectivity index (χ1) is 8.94. The quantitative estimate of drug-likeness (QED) is 0.522. The van der Waals surface area contributed by atoms with Crippen molar-refractivity contribution in [3.63, 3.8) is 0 Å². The molecule has 1 aliphatic heterocycles. The van der Waals surface area contributed by atoms with E-state index in [4.69, 9.17) is 25.2 Å². The van der Waals surface area contributed by atoms with Crippen molar-refractivity contribution < 1.29 is 30.6 Å². The second-order valence-corrected chi connectivity index (χ2v) is 3.37. The molecular weight excluding hydrogens is 227 g/mol. The SMILES string of the molecule is [2H]C[C@H]1O[C@@H]([B])CC1OC(=O)CCC(=O)O.[3H]OC. The van der Waals surface area contributed by atoms with Crippen molar-refractivity contribution in [2.75, 3.05) is 7.11 Å². The first-order valence-electron chi connectivity index (χ1n) is 6.17. The minimum atomic E-state index is -1.05. The molecule has 1 saturated heterocycles. The number of carbonyl (C=O) groups is 2. The summed E-state index contributed by atoms with van der Waals surface area (Å²) in [4.78, 5) is 21.5. The Labute approximate surface area is 104 Å². The van der Waals surface area contributed by atoms with Crippen molar-refractivity contribution in [1.29, 1.82) is 1.43 Å². The molecule has 96 valence electrons. The van der Waals surface area contributed by atoms with E-state index in [1.54, 1.807) is 0 Å². The van der Waals surface area contributed by atoms with E-state index >= 15 is 0 Å². The summed E-state index contributed by atoms with van der Waals surface area (Å²) in [6, 6.07) is -0.521. The number of esters is 1. The van der Waals surface area contributed by atoms with E-state index in [1.165, 1.54) is 7.11 Å². The molecule has 0 spiro atoms. The third-order valence-electron chi connectivity index (χ3n) is 2.05. The topological polar surface area (TPSA) is 93.1 Å². The van der Waals surface area contributed by atoms with Crippen LogP contribution in [-0.4, -0.2) is 56.8 Å². The zero-order valence-electron chi connectivity index (χ0n) is 11.6. The van der Waals surface area contributed by atoms with Gasteiger partial charge in [-0.2, -0.15) is 0 Å². The predicted molar refractivity (Wildman–Crippen MR) is 59.6 cm³/mol. The van der Waals surface area contributed by atoms with Gasteiger partial charge >= 0.3 is 11.9 Å². The summed E-state index contributed by atoms with van der Waals surface area (Å²) < 4.78 is 23.0. The van der Waals surface area contributed by atoms with Crippen LogP contribution in [0.25, 0.3) is 0 Å². The lowest BCUT2D eigenvalue weighted by molar-refractivity contribution is -0.153. The monoisotopic (exact) mass is 247 g/mol. The standard InChI is InChI=1S/C9H13BO5.CH4O/c1-5-6(4-7(10)14-5)15-9(13)3-2-8(11)12;1-2/h5-7H,2-4H2,1H3,(H,11,12);2H,1H3/t5-,6?,7-;/m1./s1/i1D;2T. The van der Waals surface area contributed by atoms with E-state index in [0.29, 0.717) is 6.42 Å². The highest BCUT2D eigenvalue weighted by atomic mass is 16.6. The van der Waals surface area contributed by atoms with Gasteiger partial charge in [-0.1, -0.05) is 0 Å². The van der Waals surface area contributed by atoms with Crippen LogP contribution in [0.2, 0.25) is 0 Å². The van der Waals surface area contributed by atoms with Crippen LogP contribution in [0, 0.1) is 0 Å². The molecule has 1 aliphatic rings. The van der Waals surface area contributed by atoms with Crippen LogP contribution in [0.4, 0.5) is 0 Å². The highest BCUT2D eigenvalue weighted by Crippen LogP contribution is 2.21. The summed E-state index contributed by atoms with van der Waals surface area (Å²) >= 11 is 0. The Bertz CT molecular complexity index is 291. The van der Waals surface area contributed by atoms with Gasteiger partial charge in [0.25, 0.3) is 0 Å². The molecular formula is C10H17BO6. The predicted octanol–water partition coefficient (Wildman–Crippen LogP) is -0.325. The Balaban J connectivity index is 0.000000982. The normalized spacial score (nSPS) is 28.4. The van der Waals surface area contributed by atoms with E-state index in [0.717, 1.165) is 0 Å². The van der Waals surface area contributed by atoms with Gasteiger partial charge in [-0.25, -0.2) is 0 Å². The van der Waals surface area contributed by atoms with Gasteiger partial charge < -0.3 is 19.7 Å². The molecule has 1 rings (SSSR count). The lowest BCUT2D eigenvalue weighted by atomic mass is 9.96. The summed E-state index contributed by atoms with van der Waals surface area (Å²) in [6.45, 7) is -0.0371. The number of hydrogen-bond donors (Lipinski definition) is 2. The highest BCUT2D eigenvalue weighted by Gasteiger charge is 2.32. The molecule has 0 aromatic heterocycles. The molecule has 6 nitrogen and oxygen atoms in total. The number of aliphatic carboxylic acids is 1. The fourth-order valence-corrected chi connectivity index (χ4v) is 1.31. The average Bonchev–Trinajstić information content (AvgIpc) is 2.68. The molecule has 1 unspecified atom stereocenters. The largest absolute Gasteiger partial charge is 0.481 e. The van der Waals surface area contributed by atoms with Crippen molar-refractivity contribution in [2.24, 2.45) is 0 Å². The lowest BCUT2D eigenvalue weighted by Crippen LogP contribution is -2.24. The summed E-state index contributed by atoms with van der Waals surface area (Å²) in [7, 11) is 6.79. The van der Waals surface area contributed by atoms with Crippen LogP contribution in [0.3, 0.4) is 0 Å². The van der Waals surface area contributed by atoms with E-state index in [2.05, 4.69) is 5.11 Å². The maximum absolute atomic E-state index is 11.2. The van der Waals surface area contributed by atoms with Crippen LogP contribution in [0.1, 0.15) is 27.5 Å². The fraction of sp³-hybridized carbons (Fsp3) is 0.800. The molecule has 2 N–H and O–H groups in total. The first kappa shape index (κ1) is 12.4. The second-order valence-electron chi connectivity index (χ2n) is 3.37. The molecule has 1 fully saturated rings. The molecule has 0 amide bonds. The number of aliphatic hydroxyl groups is 1. The van der Waals surface area contributed by atoms with Crippen molar-refractivity contribution in [3.8, 4) is 0 Å². The smallest absolute Gasteiger partial charge is 0.306 e. The van der Waals surface area contributed by atoms with Crippen molar-refractivity contribution >= 4 is 19.8 Å². The first-order valence-corrected chi connectivity index (χ1v) is 5.05.